The minimum Gasteiger partial charge on any atom is -0.461 e. The Bertz CT molecular complexity index is 765. The van der Waals surface area contributed by atoms with Crippen LogP contribution in [0.25, 0.3) is 11.0 Å². The van der Waals surface area contributed by atoms with Crippen LogP contribution in [0.3, 0.4) is 0 Å². The number of likely N-dealkylation sites (tertiary alicyclic amines) is 1. The normalized spacial score (nSPS) is 27.2. The molecule has 4 nitrogen and oxygen atoms in total. The molecule has 4 rings (SSSR count). The fraction of sp³-hybridized carbons (Fsp3) is 0.550. The van der Waals surface area contributed by atoms with Crippen molar-refractivity contribution in [3.8, 4) is 0 Å². The molecule has 4 heteroatoms. The second-order valence-electron chi connectivity index (χ2n) is 7.42. The van der Waals surface area contributed by atoms with E-state index >= 15 is 0 Å². The number of hydrogen-bond donors (Lipinski definition) is 0. The molecular weight excluding hydrogens is 302 g/mol. The van der Waals surface area contributed by atoms with Crippen LogP contribution in [-0.4, -0.2) is 37.1 Å². The highest BCUT2D eigenvalue weighted by Crippen LogP contribution is 2.46. The van der Waals surface area contributed by atoms with Crippen LogP contribution in [0.5, 0.6) is 0 Å². The van der Waals surface area contributed by atoms with Crippen LogP contribution < -0.4 is 0 Å². The molecule has 1 amide bonds. The van der Waals surface area contributed by atoms with Crippen molar-refractivity contribution in [3.05, 3.63) is 35.6 Å². The highest BCUT2D eigenvalue weighted by Gasteiger charge is 2.46. The molecule has 0 bridgehead atoms. The van der Waals surface area contributed by atoms with Crippen molar-refractivity contribution in [2.75, 3.05) is 20.2 Å². The van der Waals surface area contributed by atoms with Gasteiger partial charge in [0, 0.05) is 36.6 Å². The Morgan fingerprint density at radius 2 is 2.12 bits per heavy atom. The van der Waals surface area contributed by atoms with Crippen molar-refractivity contribution in [2.24, 2.45) is 5.41 Å². The molecule has 1 aromatic heterocycles. The standard InChI is InChI=1S/C20H25NO3/c1-14-11-16-12-15(6-7-17(16)24-14)19(22)21-10-4-9-20(13-21)8-3-5-18(20)23-2/h6-7,11-12,18H,3-5,8-10,13H2,1-2H3/t18-,20-/m1/s1. The summed E-state index contributed by atoms with van der Waals surface area (Å²) in [6.07, 6.45) is 6.05. The van der Waals surface area contributed by atoms with E-state index < -0.39 is 0 Å². The zero-order chi connectivity index (χ0) is 16.7. The SMILES string of the molecule is CO[C@@H]1CCC[C@]12CCCN(C(=O)c1ccc3oc(C)cc3c1)C2. The molecule has 2 fully saturated rings. The van der Waals surface area contributed by atoms with E-state index in [0.717, 1.165) is 48.2 Å². The molecule has 0 N–H and O–H groups in total. The summed E-state index contributed by atoms with van der Waals surface area (Å²) in [5, 5.41) is 1.00. The fourth-order valence-electron chi connectivity index (χ4n) is 4.77. The van der Waals surface area contributed by atoms with Crippen molar-refractivity contribution >= 4 is 16.9 Å². The third-order valence-corrected chi connectivity index (χ3v) is 5.89. The Balaban J connectivity index is 1.58. The Morgan fingerprint density at radius 1 is 1.29 bits per heavy atom. The molecule has 2 aromatic rings. The van der Waals surface area contributed by atoms with Crippen LogP contribution >= 0.6 is 0 Å². The largest absolute Gasteiger partial charge is 0.461 e. The molecule has 1 saturated carbocycles. The highest BCUT2D eigenvalue weighted by molar-refractivity contribution is 5.98. The second-order valence-corrected chi connectivity index (χ2v) is 7.42. The van der Waals surface area contributed by atoms with E-state index in [9.17, 15) is 4.79 Å². The number of ether oxygens (including phenoxy) is 1. The van der Waals surface area contributed by atoms with E-state index in [0.29, 0.717) is 6.10 Å². The van der Waals surface area contributed by atoms with Gasteiger partial charge in [0.15, 0.2) is 0 Å². The number of rotatable bonds is 2. The summed E-state index contributed by atoms with van der Waals surface area (Å²) in [6.45, 7) is 3.60. The van der Waals surface area contributed by atoms with Gasteiger partial charge in [-0.05, 0) is 56.9 Å². The van der Waals surface area contributed by atoms with Gasteiger partial charge in [-0.25, -0.2) is 0 Å². The number of benzene rings is 1. The number of amides is 1. The maximum atomic E-state index is 13.0. The smallest absolute Gasteiger partial charge is 0.253 e. The molecule has 1 aliphatic carbocycles. The minimum absolute atomic E-state index is 0.136. The van der Waals surface area contributed by atoms with Crippen LogP contribution in [0.2, 0.25) is 0 Å². The summed E-state index contributed by atoms with van der Waals surface area (Å²) in [5.41, 5.74) is 1.76. The lowest BCUT2D eigenvalue weighted by atomic mass is 9.76. The summed E-state index contributed by atoms with van der Waals surface area (Å²) in [4.78, 5) is 15.1. The van der Waals surface area contributed by atoms with E-state index in [2.05, 4.69) is 0 Å². The van der Waals surface area contributed by atoms with Gasteiger partial charge in [0.05, 0.1) is 6.10 Å². The molecule has 2 aliphatic rings. The maximum absolute atomic E-state index is 13.0. The van der Waals surface area contributed by atoms with E-state index in [-0.39, 0.29) is 11.3 Å². The number of hydrogen-bond acceptors (Lipinski definition) is 3. The predicted octanol–water partition coefficient (Wildman–Crippen LogP) is 4.16. The predicted molar refractivity (Wildman–Crippen MR) is 93.2 cm³/mol. The van der Waals surface area contributed by atoms with Crippen molar-refractivity contribution in [1.82, 2.24) is 4.90 Å². The van der Waals surface area contributed by atoms with Gasteiger partial charge in [-0.1, -0.05) is 6.42 Å². The molecular formula is C20H25NO3. The number of carbonyl (C=O) groups is 1. The first-order valence-corrected chi connectivity index (χ1v) is 8.94. The van der Waals surface area contributed by atoms with Crippen LogP contribution in [0, 0.1) is 12.3 Å². The topological polar surface area (TPSA) is 42.7 Å². The van der Waals surface area contributed by atoms with Crippen molar-refractivity contribution < 1.29 is 13.9 Å². The van der Waals surface area contributed by atoms with Crippen LogP contribution in [-0.2, 0) is 4.74 Å². The van der Waals surface area contributed by atoms with Gasteiger partial charge in [-0.2, -0.15) is 0 Å². The highest BCUT2D eigenvalue weighted by atomic mass is 16.5. The molecule has 0 radical (unpaired) electrons. The molecule has 1 spiro atoms. The van der Waals surface area contributed by atoms with Crippen molar-refractivity contribution in [1.29, 1.82) is 0 Å². The summed E-state index contributed by atoms with van der Waals surface area (Å²) < 4.78 is 11.4. The lowest BCUT2D eigenvalue weighted by molar-refractivity contribution is -0.0295. The molecule has 1 aliphatic heterocycles. The fourth-order valence-corrected chi connectivity index (χ4v) is 4.77. The zero-order valence-electron chi connectivity index (χ0n) is 14.5. The maximum Gasteiger partial charge on any atom is 0.253 e. The molecule has 128 valence electrons. The van der Waals surface area contributed by atoms with Crippen molar-refractivity contribution in [3.63, 3.8) is 0 Å². The van der Waals surface area contributed by atoms with E-state index in [1.54, 1.807) is 0 Å². The third-order valence-electron chi connectivity index (χ3n) is 5.89. The Labute approximate surface area is 142 Å². The Hall–Kier alpha value is -1.81. The van der Waals surface area contributed by atoms with Gasteiger partial charge in [0.1, 0.15) is 11.3 Å². The van der Waals surface area contributed by atoms with Gasteiger partial charge in [-0.15, -0.1) is 0 Å². The first-order valence-electron chi connectivity index (χ1n) is 8.94. The average molecular weight is 327 g/mol. The number of carbonyl (C=O) groups excluding carboxylic acids is 1. The first-order chi connectivity index (χ1) is 11.6. The number of piperidine rings is 1. The lowest BCUT2D eigenvalue weighted by Gasteiger charge is -2.43. The van der Waals surface area contributed by atoms with Gasteiger partial charge in [0.25, 0.3) is 5.91 Å². The zero-order valence-corrected chi connectivity index (χ0v) is 14.5. The minimum atomic E-state index is 0.136. The number of fused-ring (bicyclic) bond motifs is 1. The van der Waals surface area contributed by atoms with Crippen LogP contribution in [0.1, 0.15) is 48.2 Å². The molecule has 24 heavy (non-hydrogen) atoms. The monoisotopic (exact) mass is 327 g/mol. The van der Waals surface area contributed by atoms with Gasteiger partial charge in [0.2, 0.25) is 0 Å². The molecule has 1 aromatic carbocycles. The summed E-state index contributed by atoms with van der Waals surface area (Å²) in [5.74, 6) is 1.01. The van der Waals surface area contributed by atoms with Crippen LogP contribution in [0.4, 0.5) is 0 Å². The number of nitrogens with zero attached hydrogens (tertiary/aromatic N) is 1. The van der Waals surface area contributed by atoms with Crippen LogP contribution in [0.15, 0.2) is 28.7 Å². The van der Waals surface area contributed by atoms with E-state index in [1.165, 1.54) is 19.3 Å². The van der Waals surface area contributed by atoms with Gasteiger partial charge >= 0.3 is 0 Å². The number of methoxy groups -OCH3 is 1. The van der Waals surface area contributed by atoms with E-state index in [4.69, 9.17) is 9.15 Å². The van der Waals surface area contributed by atoms with Gasteiger partial charge < -0.3 is 14.1 Å². The Morgan fingerprint density at radius 3 is 2.96 bits per heavy atom. The summed E-state index contributed by atoms with van der Waals surface area (Å²) >= 11 is 0. The Kier molecular flexibility index (Phi) is 3.87. The first kappa shape index (κ1) is 15.7. The molecule has 2 atom stereocenters. The molecule has 0 unspecified atom stereocenters. The summed E-state index contributed by atoms with van der Waals surface area (Å²) in [7, 11) is 1.81. The third kappa shape index (κ3) is 2.53. The molecule has 1 saturated heterocycles. The number of furan rings is 1. The lowest BCUT2D eigenvalue weighted by Crippen LogP contribution is -2.49. The number of aryl methyl sites for hydroxylation is 1. The molecule has 2 heterocycles. The van der Waals surface area contributed by atoms with Crippen molar-refractivity contribution in [2.45, 2.75) is 45.1 Å². The summed E-state index contributed by atoms with van der Waals surface area (Å²) in [6, 6.07) is 7.74. The van der Waals surface area contributed by atoms with E-state index in [1.807, 2.05) is 43.2 Å². The van der Waals surface area contributed by atoms with Gasteiger partial charge in [-0.3, -0.25) is 4.79 Å². The average Bonchev–Trinajstić information content (AvgIpc) is 3.15. The quantitative estimate of drug-likeness (QED) is 0.831. The second kappa shape index (κ2) is 5.92.